The van der Waals surface area contributed by atoms with E-state index in [1.54, 1.807) is 0 Å². The van der Waals surface area contributed by atoms with Crippen molar-refractivity contribution < 1.29 is 0 Å². The van der Waals surface area contributed by atoms with Gasteiger partial charge in [0, 0.05) is 30.9 Å². The second-order valence-electron chi connectivity index (χ2n) is 4.91. The summed E-state index contributed by atoms with van der Waals surface area (Å²) in [6.07, 6.45) is 4.73. The fourth-order valence-electron chi connectivity index (χ4n) is 2.31. The SMILES string of the molecule is CNCCc1nc(-c2ccc(C)cc2)c2ncccn12. The standard InChI is InChI=1S/C16H18N4/c1-12-4-6-13(7-5-12)15-16-18-9-3-11-20(16)14(19-15)8-10-17-2/h3-7,9,11,17H,8,10H2,1-2H3. The van der Waals surface area contributed by atoms with Crippen molar-refractivity contribution in [2.24, 2.45) is 0 Å². The van der Waals surface area contributed by atoms with Crippen LogP contribution in [0.3, 0.4) is 0 Å². The Hall–Kier alpha value is -2.20. The summed E-state index contributed by atoms with van der Waals surface area (Å²) in [4.78, 5) is 9.28. The van der Waals surface area contributed by atoms with E-state index in [-0.39, 0.29) is 0 Å². The van der Waals surface area contributed by atoms with Crippen molar-refractivity contribution in [2.75, 3.05) is 13.6 Å². The Labute approximate surface area is 118 Å². The fraction of sp³-hybridized carbons (Fsp3) is 0.250. The number of benzene rings is 1. The molecule has 0 aliphatic rings. The number of nitrogens with zero attached hydrogens (tertiary/aromatic N) is 3. The lowest BCUT2D eigenvalue weighted by Crippen LogP contribution is -2.12. The largest absolute Gasteiger partial charge is 0.319 e. The van der Waals surface area contributed by atoms with Crippen LogP contribution in [-0.2, 0) is 6.42 Å². The first-order valence-corrected chi connectivity index (χ1v) is 6.83. The summed E-state index contributed by atoms with van der Waals surface area (Å²) in [5.41, 5.74) is 4.24. The number of nitrogens with one attached hydrogen (secondary N) is 1. The lowest BCUT2D eigenvalue weighted by molar-refractivity contribution is 0.752. The molecule has 2 heterocycles. The van der Waals surface area contributed by atoms with Gasteiger partial charge in [-0.3, -0.25) is 4.40 Å². The van der Waals surface area contributed by atoms with E-state index in [2.05, 4.69) is 45.9 Å². The fourth-order valence-corrected chi connectivity index (χ4v) is 2.31. The third kappa shape index (κ3) is 2.30. The number of rotatable bonds is 4. The van der Waals surface area contributed by atoms with Gasteiger partial charge < -0.3 is 5.32 Å². The third-order valence-electron chi connectivity index (χ3n) is 3.40. The van der Waals surface area contributed by atoms with E-state index in [4.69, 9.17) is 4.98 Å². The Morgan fingerprint density at radius 3 is 2.75 bits per heavy atom. The lowest BCUT2D eigenvalue weighted by atomic mass is 10.1. The molecule has 2 aromatic heterocycles. The number of likely N-dealkylation sites (N-methyl/N-ethyl adjacent to an activating group) is 1. The molecule has 0 unspecified atom stereocenters. The van der Waals surface area contributed by atoms with Crippen molar-refractivity contribution in [1.29, 1.82) is 0 Å². The molecule has 0 saturated heterocycles. The predicted molar refractivity (Wildman–Crippen MR) is 80.8 cm³/mol. The minimum atomic E-state index is 0.884. The quantitative estimate of drug-likeness (QED) is 0.789. The summed E-state index contributed by atoms with van der Waals surface area (Å²) in [6, 6.07) is 10.4. The summed E-state index contributed by atoms with van der Waals surface area (Å²) in [5.74, 6) is 1.04. The topological polar surface area (TPSA) is 42.2 Å². The predicted octanol–water partition coefficient (Wildman–Crippen LogP) is 2.47. The van der Waals surface area contributed by atoms with Crippen LogP contribution in [-0.4, -0.2) is 28.0 Å². The average molecular weight is 266 g/mol. The van der Waals surface area contributed by atoms with Crippen molar-refractivity contribution in [3.05, 3.63) is 54.1 Å². The molecular formula is C16H18N4. The maximum atomic E-state index is 4.79. The molecule has 0 radical (unpaired) electrons. The Morgan fingerprint density at radius 1 is 1.20 bits per heavy atom. The van der Waals surface area contributed by atoms with Crippen molar-refractivity contribution in [2.45, 2.75) is 13.3 Å². The van der Waals surface area contributed by atoms with Crippen LogP contribution in [0.2, 0.25) is 0 Å². The van der Waals surface area contributed by atoms with Crippen molar-refractivity contribution in [1.82, 2.24) is 19.7 Å². The van der Waals surface area contributed by atoms with Crippen molar-refractivity contribution in [3.63, 3.8) is 0 Å². The highest BCUT2D eigenvalue weighted by molar-refractivity contribution is 5.74. The monoisotopic (exact) mass is 266 g/mol. The van der Waals surface area contributed by atoms with Crippen molar-refractivity contribution in [3.8, 4) is 11.3 Å². The minimum Gasteiger partial charge on any atom is -0.319 e. The molecule has 1 aromatic carbocycles. The number of imidazole rings is 1. The zero-order chi connectivity index (χ0) is 13.9. The highest BCUT2D eigenvalue weighted by Gasteiger charge is 2.12. The third-order valence-corrected chi connectivity index (χ3v) is 3.40. The van der Waals surface area contributed by atoms with E-state index in [1.165, 1.54) is 5.56 Å². The smallest absolute Gasteiger partial charge is 0.164 e. The van der Waals surface area contributed by atoms with Crippen molar-refractivity contribution >= 4 is 5.65 Å². The van der Waals surface area contributed by atoms with Crippen LogP contribution in [0.25, 0.3) is 16.9 Å². The summed E-state index contributed by atoms with van der Waals surface area (Å²) in [6.45, 7) is 2.99. The normalized spacial score (nSPS) is 11.1. The van der Waals surface area contributed by atoms with E-state index in [0.29, 0.717) is 0 Å². The molecule has 0 saturated carbocycles. The highest BCUT2D eigenvalue weighted by atomic mass is 15.1. The van der Waals surface area contributed by atoms with E-state index in [1.807, 2.05) is 25.5 Å². The zero-order valence-corrected chi connectivity index (χ0v) is 11.8. The molecule has 20 heavy (non-hydrogen) atoms. The van der Waals surface area contributed by atoms with Crippen LogP contribution in [0.1, 0.15) is 11.4 Å². The Morgan fingerprint density at radius 2 is 2.00 bits per heavy atom. The molecule has 0 aliphatic heterocycles. The Kier molecular flexibility index (Phi) is 3.48. The van der Waals surface area contributed by atoms with Crippen LogP contribution in [0.5, 0.6) is 0 Å². The van der Waals surface area contributed by atoms with Gasteiger partial charge in [-0.1, -0.05) is 29.8 Å². The van der Waals surface area contributed by atoms with E-state index in [0.717, 1.165) is 35.7 Å². The first kappa shape index (κ1) is 12.8. The maximum absolute atomic E-state index is 4.79. The van der Waals surface area contributed by atoms with Crippen LogP contribution < -0.4 is 5.32 Å². The van der Waals surface area contributed by atoms with E-state index in [9.17, 15) is 0 Å². The molecule has 0 bridgehead atoms. The van der Waals surface area contributed by atoms with Crippen LogP contribution in [0.4, 0.5) is 0 Å². The van der Waals surface area contributed by atoms with Crippen LogP contribution in [0.15, 0.2) is 42.7 Å². The molecule has 102 valence electrons. The number of hydrogen-bond acceptors (Lipinski definition) is 3. The zero-order valence-electron chi connectivity index (χ0n) is 11.8. The van der Waals surface area contributed by atoms with Gasteiger partial charge in [0.25, 0.3) is 0 Å². The summed E-state index contributed by atoms with van der Waals surface area (Å²) in [5, 5.41) is 3.16. The molecule has 0 fully saturated rings. The summed E-state index contributed by atoms with van der Waals surface area (Å²) in [7, 11) is 1.95. The molecule has 0 atom stereocenters. The van der Waals surface area contributed by atoms with E-state index < -0.39 is 0 Å². The number of hydrogen-bond donors (Lipinski definition) is 1. The van der Waals surface area contributed by atoms with Gasteiger partial charge in [-0.05, 0) is 20.0 Å². The molecule has 0 aliphatic carbocycles. The first-order chi connectivity index (χ1) is 9.79. The second kappa shape index (κ2) is 5.43. The van der Waals surface area contributed by atoms with Crippen LogP contribution >= 0.6 is 0 Å². The average Bonchev–Trinajstić information content (AvgIpc) is 2.85. The molecule has 3 rings (SSSR count). The van der Waals surface area contributed by atoms with Gasteiger partial charge in [-0.2, -0.15) is 0 Å². The van der Waals surface area contributed by atoms with Gasteiger partial charge in [-0.15, -0.1) is 0 Å². The molecule has 3 aromatic rings. The molecule has 0 spiro atoms. The molecule has 4 heteroatoms. The summed E-state index contributed by atoms with van der Waals surface area (Å²) < 4.78 is 2.08. The Balaban J connectivity index is 2.13. The van der Waals surface area contributed by atoms with Crippen LogP contribution in [0, 0.1) is 6.92 Å². The number of fused-ring (bicyclic) bond motifs is 1. The number of aromatic nitrogens is 3. The molecule has 4 nitrogen and oxygen atoms in total. The van der Waals surface area contributed by atoms with Gasteiger partial charge in [0.1, 0.15) is 11.5 Å². The minimum absolute atomic E-state index is 0.884. The maximum Gasteiger partial charge on any atom is 0.164 e. The van der Waals surface area contributed by atoms with Gasteiger partial charge in [0.2, 0.25) is 0 Å². The highest BCUT2D eigenvalue weighted by Crippen LogP contribution is 2.23. The van der Waals surface area contributed by atoms with Gasteiger partial charge in [0.05, 0.1) is 0 Å². The molecule has 0 amide bonds. The van der Waals surface area contributed by atoms with Gasteiger partial charge in [0.15, 0.2) is 5.65 Å². The first-order valence-electron chi connectivity index (χ1n) is 6.83. The Bertz CT molecular complexity index is 713. The van der Waals surface area contributed by atoms with Gasteiger partial charge >= 0.3 is 0 Å². The lowest BCUT2D eigenvalue weighted by Gasteiger charge is -1.99. The molecule has 1 N–H and O–H groups in total. The molecular weight excluding hydrogens is 248 g/mol. The van der Waals surface area contributed by atoms with Gasteiger partial charge in [-0.25, -0.2) is 9.97 Å². The summed E-state index contributed by atoms with van der Waals surface area (Å²) >= 11 is 0. The second-order valence-corrected chi connectivity index (χ2v) is 4.91. The van der Waals surface area contributed by atoms with E-state index >= 15 is 0 Å². The number of aryl methyl sites for hydroxylation is 1.